The molecule has 0 unspecified atom stereocenters. The van der Waals surface area contributed by atoms with E-state index in [1.165, 1.54) is 0 Å². The van der Waals surface area contributed by atoms with Crippen LogP contribution in [-0.4, -0.2) is 52.1 Å². The summed E-state index contributed by atoms with van der Waals surface area (Å²) in [6.45, 7) is 2.92. The first kappa shape index (κ1) is 17.6. The zero-order valence-electron chi connectivity index (χ0n) is 14.6. The lowest BCUT2D eigenvalue weighted by molar-refractivity contribution is -0.173. The molecule has 4 rings (SSSR count). The summed E-state index contributed by atoms with van der Waals surface area (Å²) in [5, 5.41) is 7.35. The van der Waals surface area contributed by atoms with E-state index < -0.39 is 18.3 Å². The first-order valence-electron chi connectivity index (χ1n) is 9.19. The average molecular weight is 372 g/mol. The normalized spacial score (nSPS) is 31.8. The maximum atomic E-state index is 13.4. The Bertz CT molecular complexity index is 684. The zero-order valence-corrected chi connectivity index (χ0v) is 14.6. The Hall–Kier alpha value is -1.77. The Morgan fingerprint density at radius 3 is 2.85 bits per heavy atom. The first-order chi connectivity index (χ1) is 12.3. The number of amides is 1. The molecule has 0 aliphatic carbocycles. The summed E-state index contributed by atoms with van der Waals surface area (Å²) < 4.78 is 46.8. The van der Waals surface area contributed by atoms with E-state index in [-0.39, 0.29) is 24.4 Å². The van der Waals surface area contributed by atoms with Crippen molar-refractivity contribution in [3.8, 4) is 0 Å². The van der Waals surface area contributed by atoms with Gasteiger partial charge in [-0.1, -0.05) is 0 Å². The van der Waals surface area contributed by atoms with Gasteiger partial charge in [-0.15, -0.1) is 0 Å². The van der Waals surface area contributed by atoms with Crippen molar-refractivity contribution in [3.63, 3.8) is 0 Å². The summed E-state index contributed by atoms with van der Waals surface area (Å²) >= 11 is 0. The first-order valence-corrected chi connectivity index (χ1v) is 9.19. The van der Waals surface area contributed by atoms with Crippen LogP contribution in [0.4, 0.5) is 19.0 Å². The monoisotopic (exact) mass is 372 g/mol. The second kappa shape index (κ2) is 6.44. The highest BCUT2D eigenvalue weighted by Crippen LogP contribution is 2.41. The number of carbonyl (C=O) groups excluding carboxylic acids is 1. The Kier molecular flexibility index (Phi) is 4.37. The smallest absolute Gasteiger partial charge is 0.368 e. The van der Waals surface area contributed by atoms with Gasteiger partial charge in [-0.05, 0) is 39.0 Å². The number of nitrogens with one attached hydrogen (secondary N) is 1. The summed E-state index contributed by atoms with van der Waals surface area (Å²) in [6, 6.07) is -0.533. The van der Waals surface area contributed by atoms with E-state index in [1.54, 1.807) is 17.9 Å². The van der Waals surface area contributed by atoms with Crippen LogP contribution in [0.5, 0.6) is 0 Å². The fourth-order valence-electron chi connectivity index (χ4n) is 4.24. The third kappa shape index (κ3) is 3.06. The molecule has 2 saturated heterocycles. The quantitative estimate of drug-likeness (QED) is 0.867. The minimum absolute atomic E-state index is 0.0547. The lowest BCUT2D eigenvalue weighted by Crippen LogP contribution is -2.39. The summed E-state index contributed by atoms with van der Waals surface area (Å²) in [5.74, 6) is 0.308. The highest BCUT2D eigenvalue weighted by molar-refractivity contribution is 5.82. The van der Waals surface area contributed by atoms with E-state index in [2.05, 4.69) is 10.4 Å². The number of carbonyl (C=O) groups is 1. The Balaban J connectivity index is 1.61. The molecule has 4 atom stereocenters. The van der Waals surface area contributed by atoms with E-state index in [9.17, 15) is 18.0 Å². The molecule has 3 aliphatic rings. The fourth-order valence-corrected chi connectivity index (χ4v) is 4.24. The molecule has 26 heavy (non-hydrogen) atoms. The number of anilines is 1. The Morgan fingerprint density at radius 1 is 1.35 bits per heavy atom. The van der Waals surface area contributed by atoms with Crippen molar-refractivity contribution < 1.29 is 22.7 Å². The van der Waals surface area contributed by atoms with E-state index >= 15 is 0 Å². The van der Waals surface area contributed by atoms with Crippen LogP contribution in [0.25, 0.3) is 0 Å². The second-order valence-corrected chi connectivity index (χ2v) is 7.43. The third-order valence-electron chi connectivity index (χ3n) is 5.48. The second-order valence-electron chi connectivity index (χ2n) is 7.43. The molecular weight excluding hydrogens is 349 g/mol. The molecule has 3 aliphatic heterocycles. The number of hydrogen-bond acceptors (Lipinski definition) is 4. The lowest BCUT2D eigenvalue weighted by atomic mass is 10.1. The summed E-state index contributed by atoms with van der Waals surface area (Å²) in [5.41, 5.74) is 0.527. The molecule has 0 aromatic carbocycles. The zero-order chi connectivity index (χ0) is 18.5. The van der Waals surface area contributed by atoms with Gasteiger partial charge in [0, 0.05) is 25.3 Å². The molecule has 0 saturated carbocycles. The summed E-state index contributed by atoms with van der Waals surface area (Å²) in [4.78, 5) is 14.5. The van der Waals surface area contributed by atoms with Crippen molar-refractivity contribution in [2.75, 3.05) is 18.5 Å². The number of hydrogen-bond donors (Lipinski definition) is 1. The molecule has 1 aromatic rings. The van der Waals surface area contributed by atoms with Gasteiger partial charge in [0.2, 0.25) is 0 Å². The molecule has 2 fully saturated rings. The van der Waals surface area contributed by atoms with Gasteiger partial charge in [0.25, 0.3) is 5.91 Å². The van der Waals surface area contributed by atoms with Crippen LogP contribution in [0, 0.1) is 0 Å². The predicted molar refractivity (Wildman–Crippen MR) is 87.7 cm³/mol. The van der Waals surface area contributed by atoms with Crippen LogP contribution in [0.15, 0.2) is 6.07 Å². The number of ether oxygens (including phenoxy) is 1. The number of nitrogens with zero attached hydrogens (tertiary/aromatic N) is 3. The van der Waals surface area contributed by atoms with Crippen LogP contribution in [-0.2, 0) is 9.53 Å². The van der Waals surface area contributed by atoms with Crippen LogP contribution >= 0.6 is 0 Å². The highest BCUT2D eigenvalue weighted by atomic mass is 19.4. The molecule has 0 spiro atoms. The van der Waals surface area contributed by atoms with Gasteiger partial charge in [0.05, 0.1) is 11.7 Å². The van der Waals surface area contributed by atoms with Gasteiger partial charge in [0.15, 0.2) is 6.04 Å². The molecule has 4 heterocycles. The number of likely N-dealkylation sites (tertiary alicyclic amines) is 1. The van der Waals surface area contributed by atoms with Crippen LogP contribution in [0.3, 0.4) is 0 Å². The van der Waals surface area contributed by atoms with Crippen molar-refractivity contribution in [1.29, 1.82) is 0 Å². The van der Waals surface area contributed by atoms with E-state index in [1.807, 2.05) is 0 Å². The largest absolute Gasteiger partial charge is 0.410 e. The molecule has 1 amide bonds. The van der Waals surface area contributed by atoms with Crippen molar-refractivity contribution >= 4 is 11.7 Å². The molecule has 0 radical (unpaired) electrons. The molecule has 0 bridgehead atoms. The topological polar surface area (TPSA) is 59.4 Å². The number of rotatable bonds is 2. The molecule has 1 N–H and O–H groups in total. The lowest BCUT2D eigenvalue weighted by Gasteiger charge is -2.31. The number of aromatic nitrogens is 2. The Labute approximate surface area is 149 Å². The number of fused-ring (bicyclic) bond motifs is 1. The van der Waals surface area contributed by atoms with Gasteiger partial charge in [-0.2, -0.15) is 18.3 Å². The minimum Gasteiger partial charge on any atom is -0.368 e. The van der Waals surface area contributed by atoms with Gasteiger partial charge >= 0.3 is 6.18 Å². The SMILES string of the molecule is C[C@@H]1C[C@H](C(F)(F)F)n2nc([C@H]3CCCN3C(=O)[C@H]3CCCO3)cc2N1. The highest BCUT2D eigenvalue weighted by Gasteiger charge is 2.46. The molecule has 9 heteroatoms. The minimum atomic E-state index is -4.35. The molecule has 144 valence electrons. The van der Waals surface area contributed by atoms with Crippen molar-refractivity contribution in [3.05, 3.63) is 11.8 Å². The van der Waals surface area contributed by atoms with E-state index in [0.717, 1.165) is 17.5 Å². The molecule has 1 aromatic heterocycles. The van der Waals surface area contributed by atoms with Gasteiger partial charge in [-0.25, -0.2) is 4.68 Å². The van der Waals surface area contributed by atoms with Crippen molar-refractivity contribution in [2.24, 2.45) is 0 Å². The third-order valence-corrected chi connectivity index (χ3v) is 5.48. The van der Waals surface area contributed by atoms with E-state index in [4.69, 9.17) is 4.74 Å². The van der Waals surface area contributed by atoms with Gasteiger partial charge in [0.1, 0.15) is 11.9 Å². The summed E-state index contributed by atoms with van der Waals surface area (Å²) in [7, 11) is 0. The van der Waals surface area contributed by atoms with Crippen molar-refractivity contribution in [2.45, 2.75) is 69.4 Å². The maximum absolute atomic E-state index is 13.4. The van der Waals surface area contributed by atoms with Crippen LogP contribution in [0.2, 0.25) is 0 Å². The van der Waals surface area contributed by atoms with Crippen LogP contribution in [0.1, 0.15) is 56.8 Å². The molecule has 6 nitrogen and oxygen atoms in total. The fraction of sp³-hybridized carbons (Fsp3) is 0.765. The van der Waals surface area contributed by atoms with Crippen LogP contribution < -0.4 is 5.32 Å². The summed E-state index contributed by atoms with van der Waals surface area (Å²) in [6.07, 6.45) is -1.73. The number of alkyl halides is 3. The maximum Gasteiger partial charge on any atom is 0.410 e. The number of halogens is 3. The van der Waals surface area contributed by atoms with Gasteiger partial charge < -0.3 is 15.0 Å². The predicted octanol–water partition coefficient (Wildman–Crippen LogP) is 3.03. The van der Waals surface area contributed by atoms with Crippen molar-refractivity contribution in [1.82, 2.24) is 14.7 Å². The van der Waals surface area contributed by atoms with Gasteiger partial charge in [-0.3, -0.25) is 4.79 Å². The average Bonchev–Trinajstić information content (AvgIpc) is 3.31. The standard InChI is InChI=1S/C17H23F3N4O2/c1-10-8-14(17(18,19)20)24-15(21-10)9-11(22-24)12-4-2-6-23(12)16(25)13-5-3-7-26-13/h9-10,12-14,21H,2-8H2,1H3/t10-,12-,13-,14-/m1/s1. The van der Waals surface area contributed by atoms with E-state index in [0.29, 0.717) is 37.5 Å². The Morgan fingerprint density at radius 2 is 2.15 bits per heavy atom. The molecular formula is C17H23F3N4O2.